The number of hydrogen-bond donors (Lipinski definition) is 1. The molecule has 11 heavy (non-hydrogen) atoms. The van der Waals surface area contributed by atoms with Crippen molar-refractivity contribution in [1.29, 1.82) is 0 Å². The van der Waals surface area contributed by atoms with E-state index in [0.717, 1.165) is 6.42 Å². The number of rotatable bonds is 5. The summed E-state index contributed by atoms with van der Waals surface area (Å²) in [6, 6.07) is 0. The summed E-state index contributed by atoms with van der Waals surface area (Å²) in [6.45, 7) is 4.69. The molecular formula is C8H19ClOZn. The van der Waals surface area contributed by atoms with Crippen LogP contribution in [0.5, 0.6) is 0 Å². The Bertz CT molecular complexity index is 58.1. The topological polar surface area (TPSA) is 20.2 Å². The van der Waals surface area contributed by atoms with Gasteiger partial charge in [0.15, 0.2) is 0 Å². The minimum absolute atomic E-state index is 0. The number of aliphatic hydroxyl groups excluding tert-OH is 1. The second kappa shape index (κ2) is 13.5. The monoisotopic (exact) mass is 230 g/mol. The molecule has 0 spiro atoms. The Hall–Kier alpha value is 0.873. The Kier molecular flexibility index (Phi) is 21.8. The summed E-state index contributed by atoms with van der Waals surface area (Å²) in [5.74, 6) is 0.560. The molecule has 0 aliphatic heterocycles. The summed E-state index contributed by atoms with van der Waals surface area (Å²) in [5.41, 5.74) is 0. The summed E-state index contributed by atoms with van der Waals surface area (Å²) in [4.78, 5) is 0. The van der Waals surface area contributed by atoms with Crippen LogP contribution >= 0.6 is 12.4 Å². The largest absolute Gasteiger partial charge is 0.396 e. The van der Waals surface area contributed by atoms with E-state index in [9.17, 15) is 0 Å². The smallest absolute Gasteiger partial charge is 0.0459 e. The van der Waals surface area contributed by atoms with E-state index in [-0.39, 0.29) is 31.9 Å². The molecule has 0 saturated carbocycles. The molecule has 0 aliphatic carbocycles. The number of aliphatic hydroxyl groups is 1. The van der Waals surface area contributed by atoms with Crippen LogP contribution < -0.4 is 0 Å². The van der Waals surface area contributed by atoms with E-state index in [4.69, 9.17) is 5.11 Å². The van der Waals surface area contributed by atoms with Gasteiger partial charge in [-0.1, -0.05) is 33.1 Å². The van der Waals surface area contributed by atoms with Gasteiger partial charge in [-0.3, -0.25) is 0 Å². The van der Waals surface area contributed by atoms with E-state index >= 15 is 0 Å². The third kappa shape index (κ3) is 10.9. The van der Waals surface area contributed by atoms with Gasteiger partial charge in [-0.2, -0.15) is 0 Å². The molecular weight excluding hydrogens is 213 g/mol. The Labute approximate surface area is 89.1 Å². The first-order valence-corrected chi connectivity index (χ1v) is 3.96. The van der Waals surface area contributed by atoms with Gasteiger partial charge in [0.2, 0.25) is 0 Å². The predicted molar refractivity (Wildman–Crippen MR) is 47.6 cm³/mol. The fraction of sp³-hybridized carbons (Fsp3) is 1.00. The van der Waals surface area contributed by atoms with Crippen molar-refractivity contribution >= 4 is 12.4 Å². The molecule has 1 unspecified atom stereocenters. The summed E-state index contributed by atoms with van der Waals surface area (Å²) in [7, 11) is 0. The molecule has 1 atom stereocenters. The molecule has 0 bridgehead atoms. The second-order valence-corrected chi connectivity index (χ2v) is 2.60. The van der Waals surface area contributed by atoms with Crippen LogP contribution in [0.2, 0.25) is 0 Å². The normalized spacial score (nSPS) is 11.2. The summed E-state index contributed by atoms with van der Waals surface area (Å²) in [6.07, 6.45) is 4.83. The minimum Gasteiger partial charge on any atom is -0.396 e. The fourth-order valence-electron chi connectivity index (χ4n) is 0.917. The van der Waals surface area contributed by atoms with Crippen LogP contribution in [-0.2, 0) is 19.5 Å². The Morgan fingerprint density at radius 2 is 1.82 bits per heavy atom. The molecule has 0 aromatic carbocycles. The van der Waals surface area contributed by atoms with Crippen LogP contribution in [0, 0.1) is 5.92 Å². The maximum Gasteiger partial charge on any atom is 0.0459 e. The van der Waals surface area contributed by atoms with Crippen LogP contribution in [0.25, 0.3) is 0 Å². The van der Waals surface area contributed by atoms with Crippen molar-refractivity contribution in [3.63, 3.8) is 0 Å². The van der Waals surface area contributed by atoms with Crippen LogP contribution in [-0.4, -0.2) is 11.7 Å². The molecule has 0 amide bonds. The molecule has 0 aliphatic rings. The van der Waals surface area contributed by atoms with Gasteiger partial charge in [0, 0.05) is 26.1 Å². The zero-order valence-electron chi connectivity index (χ0n) is 7.68. The van der Waals surface area contributed by atoms with Crippen LogP contribution in [0.15, 0.2) is 0 Å². The first-order valence-electron chi connectivity index (χ1n) is 3.96. The Morgan fingerprint density at radius 1 is 1.27 bits per heavy atom. The average Bonchev–Trinajstić information content (AvgIpc) is 1.91. The van der Waals surface area contributed by atoms with E-state index in [1.54, 1.807) is 0 Å². The van der Waals surface area contributed by atoms with Crippen molar-refractivity contribution in [2.24, 2.45) is 5.92 Å². The van der Waals surface area contributed by atoms with Gasteiger partial charge < -0.3 is 5.11 Å². The maximum atomic E-state index is 8.75. The van der Waals surface area contributed by atoms with Gasteiger partial charge in [0.1, 0.15) is 0 Å². The molecule has 66 valence electrons. The number of halogens is 1. The van der Waals surface area contributed by atoms with Gasteiger partial charge in [0.25, 0.3) is 0 Å². The third-order valence-electron chi connectivity index (χ3n) is 1.80. The second-order valence-electron chi connectivity index (χ2n) is 2.60. The van der Waals surface area contributed by atoms with Crippen molar-refractivity contribution in [2.45, 2.75) is 39.5 Å². The van der Waals surface area contributed by atoms with Crippen LogP contribution in [0.3, 0.4) is 0 Å². The van der Waals surface area contributed by atoms with Crippen molar-refractivity contribution in [3.8, 4) is 0 Å². The van der Waals surface area contributed by atoms with Crippen molar-refractivity contribution in [1.82, 2.24) is 0 Å². The first kappa shape index (κ1) is 17.8. The molecule has 0 rings (SSSR count). The summed E-state index contributed by atoms with van der Waals surface area (Å²) in [5, 5.41) is 8.75. The molecule has 0 aromatic rings. The molecule has 3 heteroatoms. The Morgan fingerprint density at radius 3 is 2.09 bits per heavy atom. The van der Waals surface area contributed by atoms with Gasteiger partial charge in [-0.15, -0.1) is 12.4 Å². The molecule has 0 radical (unpaired) electrons. The van der Waals surface area contributed by atoms with Gasteiger partial charge in [-0.25, -0.2) is 0 Å². The van der Waals surface area contributed by atoms with Crippen LogP contribution in [0.1, 0.15) is 39.5 Å². The van der Waals surface area contributed by atoms with E-state index in [1.165, 1.54) is 19.3 Å². The van der Waals surface area contributed by atoms with E-state index in [2.05, 4.69) is 13.8 Å². The van der Waals surface area contributed by atoms with E-state index < -0.39 is 0 Å². The molecule has 1 N–H and O–H groups in total. The van der Waals surface area contributed by atoms with Crippen molar-refractivity contribution in [2.75, 3.05) is 6.61 Å². The van der Waals surface area contributed by atoms with Gasteiger partial charge in [-0.05, 0) is 12.3 Å². The quantitative estimate of drug-likeness (QED) is 0.722. The summed E-state index contributed by atoms with van der Waals surface area (Å²) >= 11 is 0. The third-order valence-corrected chi connectivity index (χ3v) is 1.80. The molecule has 0 heterocycles. The van der Waals surface area contributed by atoms with Gasteiger partial charge >= 0.3 is 0 Å². The predicted octanol–water partition coefficient (Wildman–Crippen LogP) is 2.61. The molecule has 1 nitrogen and oxygen atoms in total. The zero-order valence-corrected chi connectivity index (χ0v) is 11.5. The SMILES string of the molecule is CCCCC(CC)CO.Cl.[Zn]. The fourth-order valence-corrected chi connectivity index (χ4v) is 0.917. The standard InChI is InChI=1S/C8H18O.ClH.Zn/c1-3-5-6-8(4-2)7-9;;/h8-9H,3-7H2,1-2H3;1H;. The molecule has 0 fully saturated rings. The van der Waals surface area contributed by atoms with Crippen LogP contribution in [0.4, 0.5) is 0 Å². The molecule has 0 saturated heterocycles. The Balaban J connectivity index is -0.000000320. The maximum absolute atomic E-state index is 8.75. The summed E-state index contributed by atoms with van der Waals surface area (Å²) < 4.78 is 0. The van der Waals surface area contributed by atoms with E-state index in [1.807, 2.05) is 0 Å². The minimum atomic E-state index is 0. The first-order chi connectivity index (χ1) is 4.35. The molecule has 0 aromatic heterocycles. The number of unbranched alkanes of at least 4 members (excludes halogenated alkanes) is 1. The van der Waals surface area contributed by atoms with Crippen molar-refractivity contribution < 1.29 is 24.6 Å². The average molecular weight is 232 g/mol. The van der Waals surface area contributed by atoms with Crippen molar-refractivity contribution in [3.05, 3.63) is 0 Å². The van der Waals surface area contributed by atoms with Gasteiger partial charge in [0.05, 0.1) is 0 Å². The number of hydrogen-bond acceptors (Lipinski definition) is 1. The van der Waals surface area contributed by atoms with E-state index in [0.29, 0.717) is 12.5 Å². The zero-order chi connectivity index (χ0) is 7.11.